The number of nitrogens with zero attached hydrogens (tertiary/aromatic N) is 3. The Morgan fingerprint density at radius 3 is 2.56 bits per heavy atom. The van der Waals surface area contributed by atoms with Gasteiger partial charge in [0.2, 0.25) is 0 Å². The van der Waals surface area contributed by atoms with Crippen molar-refractivity contribution < 1.29 is 19.2 Å². The molecule has 0 aliphatic carbocycles. The number of nitro benzene ring substituents is 1. The molecule has 9 heteroatoms. The third-order valence-electron chi connectivity index (χ3n) is 4.27. The van der Waals surface area contributed by atoms with Crippen LogP contribution in [0.5, 0.6) is 0 Å². The molecule has 1 aliphatic heterocycles. The molecule has 0 atom stereocenters. The number of carbonyl (C=O) groups is 2. The van der Waals surface area contributed by atoms with Crippen molar-refractivity contribution in [3.8, 4) is 0 Å². The van der Waals surface area contributed by atoms with E-state index in [1.807, 2.05) is 0 Å². The summed E-state index contributed by atoms with van der Waals surface area (Å²) in [7, 11) is 1.36. The van der Waals surface area contributed by atoms with E-state index in [1.165, 1.54) is 19.2 Å². The van der Waals surface area contributed by atoms with Crippen LogP contribution in [-0.2, 0) is 4.74 Å². The van der Waals surface area contributed by atoms with Gasteiger partial charge in [0.25, 0.3) is 11.6 Å². The molecular weight excluding hydrogens is 328 g/mol. The Hall–Kier alpha value is -2.68. The van der Waals surface area contributed by atoms with E-state index in [0.717, 1.165) is 0 Å². The van der Waals surface area contributed by atoms with Gasteiger partial charge in [0.15, 0.2) is 0 Å². The van der Waals surface area contributed by atoms with Gasteiger partial charge in [-0.25, -0.2) is 4.79 Å². The zero-order valence-corrected chi connectivity index (χ0v) is 14.4. The fourth-order valence-electron chi connectivity index (χ4n) is 2.77. The summed E-state index contributed by atoms with van der Waals surface area (Å²) < 4.78 is 4.69. The molecule has 9 nitrogen and oxygen atoms in total. The molecule has 0 saturated carbocycles. The van der Waals surface area contributed by atoms with Crippen molar-refractivity contribution in [2.75, 3.05) is 46.4 Å². The van der Waals surface area contributed by atoms with Gasteiger partial charge in [0.05, 0.1) is 12.0 Å². The Balaban J connectivity index is 1.81. The van der Waals surface area contributed by atoms with Crippen molar-refractivity contribution in [1.29, 1.82) is 0 Å². The maximum Gasteiger partial charge on any atom is 0.409 e. The number of nitrogens with one attached hydrogen (secondary N) is 1. The van der Waals surface area contributed by atoms with Crippen molar-refractivity contribution in [1.82, 2.24) is 15.1 Å². The largest absolute Gasteiger partial charge is 0.453 e. The number of hydrogen-bond donors (Lipinski definition) is 1. The summed E-state index contributed by atoms with van der Waals surface area (Å²) in [6.07, 6.45) is -0.325. The third kappa shape index (κ3) is 4.66. The summed E-state index contributed by atoms with van der Waals surface area (Å²) in [5, 5.41) is 13.7. The highest BCUT2D eigenvalue weighted by atomic mass is 16.6. The fourth-order valence-corrected chi connectivity index (χ4v) is 2.77. The zero-order valence-electron chi connectivity index (χ0n) is 14.4. The van der Waals surface area contributed by atoms with Gasteiger partial charge in [-0.2, -0.15) is 0 Å². The molecule has 1 aromatic rings. The smallest absolute Gasteiger partial charge is 0.409 e. The van der Waals surface area contributed by atoms with Gasteiger partial charge < -0.3 is 15.0 Å². The normalized spacial score (nSPS) is 14.9. The molecule has 0 spiro atoms. The van der Waals surface area contributed by atoms with Gasteiger partial charge in [-0.1, -0.05) is 6.07 Å². The second kappa shape index (κ2) is 8.43. The van der Waals surface area contributed by atoms with E-state index in [-0.39, 0.29) is 17.7 Å². The second-order valence-electron chi connectivity index (χ2n) is 5.76. The highest BCUT2D eigenvalue weighted by molar-refractivity contribution is 5.96. The lowest BCUT2D eigenvalue weighted by Crippen LogP contribution is -2.50. The Morgan fingerprint density at radius 1 is 1.28 bits per heavy atom. The lowest BCUT2D eigenvalue weighted by Gasteiger charge is -2.33. The molecule has 1 aromatic carbocycles. The van der Waals surface area contributed by atoms with Crippen LogP contribution < -0.4 is 5.32 Å². The number of carbonyl (C=O) groups excluding carboxylic acids is 2. The molecule has 136 valence electrons. The predicted octanol–water partition coefficient (Wildman–Crippen LogP) is 1.02. The summed E-state index contributed by atoms with van der Waals surface area (Å²) in [4.78, 5) is 37.9. The first kappa shape index (κ1) is 18.7. The average molecular weight is 350 g/mol. The van der Waals surface area contributed by atoms with E-state index >= 15 is 0 Å². The predicted molar refractivity (Wildman–Crippen MR) is 90.6 cm³/mol. The number of nitro groups is 1. The minimum absolute atomic E-state index is 0.0633. The van der Waals surface area contributed by atoms with Crippen LogP contribution in [0.25, 0.3) is 0 Å². The van der Waals surface area contributed by atoms with Gasteiger partial charge in [0.1, 0.15) is 0 Å². The standard InChI is InChI=1S/C16H22N4O5/c1-12-13(4-3-5-14(12)20(23)24)15(21)17-6-7-18-8-10-19(11-9-18)16(22)25-2/h3-5H,6-11H2,1-2H3,(H,17,21). The molecule has 0 bridgehead atoms. The second-order valence-corrected chi connectivity index (χ2v) is 5.76. The quantitative estimate of drug-likeness (QED) is 0.628. The Labute approximate surface area is 145 Å². The van der Waals surface area contributed by atoms with Crippen LogP contribution in [0, 0.1) is 17.0 Å². The maximum absolute atomic E-state index is 12.2. The van der Waals surface area contributed by atoms with E-state index in [1.54, 1.807) is 17.9 Å². The molecule has 0 unspecified atom stereocenters. The highest BCUT2D eigenvalue weighted by Gasteiger charge is 2.21. The molecule has 1 aliphatic rings. The molecule has 2 rings (SSSR count). The number of benzene rings is 1. The molecular formula is C16H22N4O5. The van der Waals surface area contributed by atoms with Crippen molar-refractivity contribution in [2.24, 2.45) is 0 Å². The van der Waals surface area contributed by atoms with Gasteiger partial charge in [-0.15, -0.1) is 0 Å². The maximum atomic E-state index is 12.2. The van der Waals surface area contributed by atoms with Gasteiger partial charge in [-0.05, 0) is 13.0 Å². The molecule has 2 amide bonds. The lowest BCUT2D eigenvalue weighted by atomic mass is 10.1. The SMILES string of the molecule is COC(=O)N1CCN(CCNC(=O)c2cccc([N+](=O)[O-])c2C)CC1. The molecule has 1 heterocycles. The Kier molecular flexibility index (Phi) is 6.29. The number of methoxy groups -OCH3 is 1. The van der Waals surface area contributed by atoms with Gasteiger partial charge in [0, 0.05) is 56.5 Å². The van der Waals surface area contributed by atoms with Crippen LogP contribution in [0.2, 0.25) is 0 Å². The number of piperazine rings is 1. The van der Waals surface area contributed by atoms with E-state index in [0.29, 0.717) is 50.4 Å². The van der Waals surface area contributed by atoms with E-state index in [2.05, 4.69) is 15.0 Å². The Bertz CT molecular complexity index is 656. The summed E-state index contributed by atoms with van der Waals surface area (Å²) in [6.45, 7) is 5.24. The van der Waals surface area contributed by atoms with Crippen molar-refractivity contribution >= 4 is 17.7 Å². The van der Waals surface area contributed by atoms with Crippen molar-refractivity contribution in [3.63, 3.8) is 0 Å². The number of hydrogen-bond acceptors (Lipinski definition) is 6. The first-order chi connectivity index (χ1) is 11.9. The summed E-state index contributed by atoms with van der Waals surface area (Å²) >= 11 is 0. The van der Waals surface area contributed by atoms with Crippen LogP contribution in [0.1, 0.15) is 15.9 Å². The van der Waals surface area contributed by atoms with Crippen LogP contribution in [0.4, 0.5) is 10.5 Å². The zero-order chi connectivity index (χ0) is 18.4. The molecule has 0 radical (unpaired) electrons. The minimum Gasteiger partial charge on any atom is -0.453 e. The molecule has 1 fully saturated rings. The van der Waals surface area contributed by atoms with Gasteiger partial charge in [-0.3, -0.25) is 19.8 Å². The molecule has 1 saturated heterocycles. The minimum atomic E-state index is -0.493. The number of ether oxygens (including phenoxy) is 1. The monoisotopic (exact) mass is 350 g/mol. The lowest BCUT2D eigenvalue weighted by molar-refractivity contribution is -0.385. The van der Waals surface area contributed by atoms with Crippen LogP contribution in [0.15, 0.2) is 18.2 Å². The summed E-state index contributed by atoms with van der Waals surface area (Å²) in [5.41, 5.74) is 0.605. The van der Waals surface area contributed by atoms with Crippen LogP contribution >= 0.6 is 0 Å². The fraction of sp³-hybridized carbons (Fsp3) is 0.500. The first-order valence-electron chi connectivity index (χ1n) is 8.01. The van der Waals surface area contributed by atoms with Crippen molar-refractivity contribution in [2.45, 2.75) is 6.92 Å². The summed E-state index contributed by atoms with van der Waals surface area (Å²) in [5.74, 6) is -0.325. The first-order valence-corrected chi connectivity index (χ1v) is 8.01. The van der Waals surface area contributed by atoms with Crippen LogP contribution in [-0.4, -0.2) is 73.1 Å². The highest BCUT2D eigenvalue weighted by Crippen LogP contribution is 2.20. The molecule has 25 heavy (non-hydrogen) atoms. The average Bonchev–Trinajstić information content (AvgIpc) is 2.61. The van der Waals surface area contributed by atoms with Crippen LogP contribution in [0.3, 0.4) is 0 Å². The van der Waals surface area contributed by atoms with E-state index < -0.39 is 4.92 Å². The van der Waals surface area contributed by atoms with Gasteiger partial charge >= 0.3 is 6.09 Å². The molecule has 0 aromatic heterocycles. The number of amides is 2. The van der Waals surface area contributed by atoms with E-state index in [4.69, 9.17) is 0 Å². The topological polar surface area (TPSA) is 105 Å². The third-order valence-corrected chi connectivity index (χ3v) is 4.27. The van der Waals surface area contributed by atoms with Crippen molar-refractivity contribution in [3.05, 3.63) is 39.4 Å². The van der Waals surface area contributed by atoms with E-state index in [9.17, 15) is 19.7 Å². The summed E-state index contributed by atoms with van der Waals surface area (Å²) in [6, 6.07) is 4.46. The molecule has 1 N–H and O–H groups in total. The number of rotatable bonds is 5. The Morgan fingerprint density at radius 2 is 1.96 bits per heavy atom.